The van der Waals surface area contributed by atoms with Crippen molar-refractivity contribution in [3.63, 3.8) is 0 Å². The number of hydrogen-bond acceptors (Lipinski definition) is 0. The summed E-state index contributed by atoms with van der Waals surface area (Å²) in [5, 5.41) is 2.58. The normalized spacial score (nSPS) is 10.6. The van der Waals surface area contributed by atoms with Crippen LogP contribution in [0.15, 0.2) is 36.4 Å². The minimum atomic E-state index is 0.584. The Morgan fingerprint density at radius 3 is 2.46 bits per heavy atom. The van der Waals surface area contributed by atoms with E-state index in [-0.39, 0.29) is 0 Å². The standard InChI is InChI=1S/C12H11Cl/c1-9-4-2-7-12-10(8-13)5-3-6-11(9)12/h2-7H,8H2,1H3. The molecule has 2 aromatic rings. The van der Waals surface area contributed by atoms with Gasteiger partial charge in [-0.2, -0.15) is 0 Å². The third-order valence-electron chi connectivity index (χ3n) is 2.37. The third-order valence-corrected chi connectivity index (χ3v) is 2.66. The van der Waals surface area contributed by atoms with Crippen LogP contribution in [0.4, 0.5) is 0 Å². The van der Waals surface area contributed by atoms with Crippen molar-refractivity contribution in [2.24, 2.45) is 0 Å². The summed E-state index contributed by atoms with van der Waals surface area (Å²) in [6.45, 7) is 2.13. The highest BCUT2D eigenvalue weighted by Crippen LogP contribution is 2.22. The van der Waals surface area contributed by atoms with E-state index in [1.54, 1.807) is 0 Å². The number of halogens is 1. The van der Waals surface area contributed by atoms with E-state index in [2.05, 4.69) is 43.3 Å². The lowest BCUT2D eigenvalue weighted by atomic mass is 10.0. The van der Waals surface area contributed by atoms with Crippen LogP contribution in [-0.2, 0) is 5.88 Å². The second-order valence-electron chi connectivity index (χ2n) is 3.22. The van der Waals surface area contributed by atoms with Crippen LogP contribution in [0, 0.1) is 6.92 Å². The summed E-state index contributed by atoms with van der Waals surface area (Å²) < 4.78 is 0. The summed E-state index contributed by atoms with van der Waals surface area (Å²) >= 11 is 5.86. The Bertz CT molecular complexity index is 432. The molecule has 0 atom stereocenters. The van der Waals surface area contributed by atoms with Gasteiger partial charge in [0, 0.05) is 5.88 Å². The van der Waals surface area contributed by atoms with E-state index in [0.717, 1.165) is 0 Å². The minimum absolute atomic E-state index is 0.584. The van der Waals surface area contributed by atoms with Crippen molar-refractivity contribution in [1.29, 1.82) is 0 Å². The van der Waals surface area contributed by atoms with Crippen molar-refractivity contribution in [1.82, 2.24) is 0 Å². The minimum Gasteiger partial charge on any atom is -0.122 e. The summed E-state index contributed by atoms with van der Waals surface area (Å²) in [4.78, 5) is 0. The lowest BCUT2D eigenvalue weighted by Crippen LogP contribution is -1.83. The Morgan fingerprint density at radius 1 is 1.00 bits per heavy atom. The molecule has 0 amide bonds. The fourth-order valence-corrected chi connectivity index (χ4v) is 1.88. The molecule has 2 aromatic carbocycles. The van der Waals surface area contributed by atoms with E-state index in [4.69, 9.17) is 11.6 Å². The molecule has 0 fully saturated rings. The zero-order valence-corrected chi connectivity index (χ0v) is 8.31. The molecule has 13 heavy (non-hydrogen) atoms. The van der Waals surface area contributed by atoms with Gasteiger partial charge < -0.3 is 0 Å². The van der Waals surface area contributed by atoms with Gasteiger partial charge in [-0.05, 0) is 28.8 Å². The predicted octanol–water partition coefficient (Wildman–Crippen LogP) is 3.89. The van der Waals surface area contributed by atoms with Gasteiger partial charge in [-0.25, -0.2) is 0 Å². The highest BCUT2D eigenvalue weighted by molar-refractivity contribution is 6.18. The van der Waals surface area contributed by atoms with Crippen molar-refractivity contribution >= 4 is 22.4 Å². The zero-order chi connectivity index (χ0) is 9.26. The number of alkyl halides is 1. The summed E-state index contributed by atoms with van der Waals surface area (Å²) in [5.74, 6) is 0.584. The average Bonchev–Trinajstić information content (AvgIpc) is 2.18. The van der Waals surface area contributed by atoms with Gasteiger partial charge in [0.25, 0.3) is 0 Å². The van der Waals surface area contributed by atoms with Gasteiger partial charge in [0.15, 0.2) is 0 Å². The third kappa shape index (κ3) is 1.42. The Labute approximate surface area is 83.1 Å². The van der Waals surface area contributed by atoms with Crippen LogP contribution in [0.2, 0.25) is 0 Å². The maximum atomic E-state index is 5.86. The topological polar surface area (TPSA) is 0 Å². The molecule has 2 rings (SSSR count). The highest BCUT2D eigenvalue weighted by atomic mass is 35.5. The monoisotopic (exact) mass is 190 g/mol. The van der Waals surface area contributed by atoms with Gasteiger partial charge in [-0.1, -0.05) is 36.4 Å². The Hall–Kier alpha value is -1.01. The van der Waals surface area contributed by atoms with Gasteiger partial charge in [0.2, 0.25) is 0 Å². The molecule has 0 radical (unpaired) electrons. The molecular formula is C12H11Cl. The number of aryl methyl sites for hydroxylation is 1. The molecule has 0 N–H and O–H groups in total. The number of rotatable bonds is 1. The van der Waals surface area contributed by atoms with Crippen LogP contribution in [0.1, 0.15) is 11.1 Å². The molecule has 66 valence electrons. The van der Waals surface area contributed by atoms with Crippen LogP contribution in [0.5, 0.6) is 0 Å². The Morgan fingerprint density at radius 2 is 1.69 bits per heavy atom. The van der Waals surface area contributed by atoms with Crippen LogP contribution in [0.3, 0.4) is 0 Å². The lowest BCUT2D eigenvalue weighted by molar-refractivity contribution is 1.43. The lowest BCUT2D eigenvalue weighted by Gasteiger charge is -2.05. The highest BCUT2D eigenvalue weighted by Gasteiger charge is 2.00. The first kappa shape index (κ1) is 8.58. The molecule has 1 heteroatoms. The van der Waals surface area contributed by atoms with E-state index in [1.807, 2.05) is 0 Å². The predicted molar refractivity (Wildman–Crippen MR) is 58.2 cm³/mol. The molecule has 0 heterocycles. The summed E-state index contributed by atoms with van der Waals surface area (Å²) in [7, 11) is 0. The van der Waals surface area contributed by atoms with Crippen molar-refractivity contribution in [2.45, 2.75) is 12.8 Å². The number of hydrogen-bond donors (Lipinski definition) is 0. The quantitative estimate of drug-likeness (QED) is 0.599. The first-order valence-electron chi connectivity index (χ1n) is 4.36. The summed E-state index contributed by atoms with van der Waals surface area (Å²) in [6.07, 6.45) is 0. The van der Waals surface area contributed by atoms with Crippen molar-refractivity contribution in [3.8, 4) is 0 Å². The molecule has 0 bridgehead atoms. The van der Waals surface area contributed by atoms with Crippen LogP contribution in [-0.4, -0.2) is 0 Å². The van der Waals surface area contributed by atoms with E-state index < -0.39 is 0 Å². The van der Waals surface area contributed by atoms with Crippen LogP contribution >= 0.6 is 11.6 Å². The second kappa shape index (κ2) is 3.39. The van der Waals surface area contributed by atoms with Crippen LogP contribution in [0.25, 0.3) is 10.8 Å². The molecule has 0 saturated carbocycles. The molecule has 0 aliphatic rings. The first-order valence-corrected chi connectivity index (χ1v) is 4.89. The largest absolute Gasteiger partial charge is 0.122 e. The van der Waals surface area contributed by atoms with Gasteiger partial charge in [0.05, 0.1) is 0 Å². The van der Waals surface area contributed by atoms with E-state index in [0.29, 0.717) is 5.88 Å². The summed E-state index contributed by atoms with van der Waals surface area (Å²) in [5.41, 5.74) is 2.52. The fourth-order valence-electron chi connectivity index (χ4n) is 1.65. The Balaban J connectivity index is 2.84. The second-order valence-corrected chi connectivity index (χ2v) is 3.49. The van der Waals surface area contributed by atoms with Crippen molar-refractivity contribution in [3.05, 3.63) is 47.5 Å². The molecule has 0 nitrogen and oxygen atoms in total. The molecule has 0 aliphatic heterocycles. The van der Waals surface area contributed by atoms with Crippen LogP contribution < -0.4 is 0 Å². The van der Waals surface area contributed by atoms with Gasteiger partial charge in [-0.3, -0.25) is 0 Å². The molecular weight excluding hydrogens is 180 g/mol. The van der Waals surface area contributed by atoms with E-state index in [9.17, 15) is 0 Å². The maximum Gasteiger partial charge on any atom is 0.0480 e. The maximum absolute atomic E-state index is 5.86. The van der Waals surface area contributed by atoms with E-state index in [1.165, 1.54) is 21.9 Å². The SMILES string of the molecule is Cc1cccc2c(CCl)cccc12. The zero-order valence-electron chi connectivity index (χ0n) is 7.55. The molecule has 0 aromatic heterocycles. The molecule has 0 spiro atoms. The number of benzene rings is 2. The van der Waals surface area contributed by atoms with Crippen molar-refractivity contribution in [2.75, 3.05) is 0 Å². The molecule has 0 saturated heterocycles. The van der Waals surface area contributed by atoms with E-state index >= 15 is 0 Å². The van der Waals surface area contributed by atoms with Gasteiger partial charge in [-0.15, -0.1) is 11.6 Å². The van der Waals surface area contributed by atoms with Gasteiger partial charge in [0.1, 0.15) is 0 Å². The molecule has 0 aliphatic carbocycles. The average molecular weight is 191 g/mol. The fraction of sp³-hybridized carbons (Fsp3) is 0.167. The summed E-state index contributed by atoms with van der Waals surface area (Å²) in [6, 6.07) is 12.6. The molecule has 0 unspecified atom stereocenters. The smallest absolute Gasteiger partial charge is 0.0480 e. The van der Waals surface area contributed by atoms with Gasteiger partial charge >= 0.3 is 0 Å². The number of fused-ring (bicyclic) bond motifs is 1. The Kier molecular flexibility index (Phi) is 2.24. The first-order chi connectivity index (χ1) is 6.33. The van der Waals surface area contributed by atoms with Crippen molar-refractivity contribution < 1.29 is 0 Å².